The van der Waals surface area contributed by atoms with E-state index in [1.165, 1.54) is 16.3 Å². The summed E-state index contributed by atoms with van der Waals surface area (Å²) in [5.74, 6) is 0. The minimum Gasteiger partial charge on any atom is -0.193 e. The number of pyridine rings is 1. The molecule has 0 aliphatic rings. The molecule has 0 aliphatic heterocycles. The van der Waals surface area contributed by atoms with Crippen molar-refractivity contribution in [2.45, 2.75) is 6.54 Å². The molecule has 0 atom stereocenters. The number of nitrogens with zero attached hydrogens (tertiary/aromatic N) is 4. The van der Waals surface area contributed by atoms with Gasteiger partial charge in [-0.1, -0.05) is 65.8 Å². The fraction of sp³-hybridized carbons (Fsp3) is 0.0455. The number of rotatable bonds is 4. The van der Waals surface area contributed by atoms with Gasteiger partial charge in [-0.2, -0.15) is 4.57 Å². The lowest BCUT2D eigenvalue weighted by molar-refractivity contribution is -0.676. The van der Waals surface area contributed by atoms with E-state index in [2.05, 4.69) is 75.4 Å². The maximum atomic E-state index is 8.76. The number of benzene rings is 3. The first-order valence-corrected chi connectivity index (χ1v) is 8.46. The maximum absolute atomic E-state index is 8.76. The predicted octanol–water partition coefficient (Wildman–Crippen LogP) is 5.78. The second-order valence-electron chi connectivity index (χ2n) is 6.10. The van der Waals surface area contributed by atoms with Crippen LogP contribution in [0.25, 0.3) is 32.5 Å². The normalized spacial score (nSPS) is 10.5. The second-order valence-corrected chi connectivity index (χ2v) is 6.10. The van der Waals surface area contributed by atoms with Crippen LogP contribution < -0.4 is 4.57 Å². The predicted molar refractivity (Wildman–Crippen MR) is 104 cm³/mol. The standard InChI is InChI=1S/C22H17N4/c23-25-24-20-11-6-10-19(15-20)22-21-12-5-4-9-18(21)13-14-26(22)16-17-7-2-1-3-8-17/h1-15H,16H2/q+1. The number of aromatic nitrogens is 1. The fourth-order valence-electron chi connectivity index (χ4n) is 3.26. The van der Waals surface area contributed by atoms with Gasteiger partial charge in [0.1, 0.15) is 0 Å². The van der Waals surface area contributed by atoms with Crippen LogP contribution in [0.2, 0.25) is 0 Å². The second kappa shape index (κ2) is 7.09. The molecule has 26 heavy (non-hydrogen) atoms. The summed E-state index contributed by atoms with van der Waals surface area (Å²) in [5, 5.41) is 6.11. The van der Waals surface area contributed by atoms with E-state index in [-0.39, 0.29) is 0 Å². The fourth-order valence-corrected chi connectivity index (χ4v) is 3.26. The molecule has 0 bridgehead atoms. The average molecular weight is 337 g/mol. The number of fused-ring (bicyclic) bond motifs is 1. The van der Waals surface area contributed by atoms with Crippen molar-refractivity contribution in [3.8, 4) is 11.3 Å². The molecule has 4 heteroatoms. The third-order valence-electron chi connectivity index (χ3n) is 4.41. The summed E-state index contributed by atoms with van der Waals surface area (Å²) >= 11 is 0. The molecule has 0 amide bonds. The van der Waals surface area contributed by atoms with E-state index in [0.29, 0.717) is 5.69 Å². The minimum atomic E-state index is 0.615. The Kier molecular flexibility index (Phi) is 4.33. The van der Waals surface area contributed by atoms with E-state index in [0.717, 1.165) is 17.8 Å². The summed E-state index contributed by atoms with van der Waals surface area (Å²) in [4.78, 5) is 2.91. The lowest BCUT2D eigenvalue weighted by atomic mass is 10.0. The van der Waals surface area contributed by atoms with Crippen molar-refractivity contribution in [1.82, 2.24) is 0 Å². The van der Waals surface area contributed by atoms with Gasteiger partial charge < -0.3 is 0 Å². The van der Waals surface area contributed by atoms with Gasteiger partial charge in [0, 0.05) is 27.8 Å². The van der Waals surface area contributed by atoms with E-state index in [1.54, 1.807) is 0 Å². The van der Waals surface area contributed by atoms with Crippen LogP contribution in [-0.2, 0) is 6.54 Å². The van der Waals surface area contributed by atoms with E-state index in [1.807, 2.05) is 30.3 Å². The molecule has 1 heterocycles. The molecule has 0 unspecified atom stereocenters. The summed E-state index contributed by atoms with van der Waals surface area (Å²) in [6.07, 6.45) is 2.12. The molecule has 0 fully saturated rings. The molecular formula is C22H17N4+. The van der Waals surface area contributed by atoms with E-state index >= 15 is 0 Å². The molecule has 4 nitrogen and oxygen atoms in total. The van der Waals surface area contributed by atoms with E-state index < -0.39 is 0 Å². The van der Waals surface area contributed by atoms with Gasteiger partial charge in [-0.15, -0.1) is 0 Å². The van der Waals surface area contributed by atoms with Crippen LogP contribution in [0, 0.1) is 0 Å². The van der Waals surface area contributed by atoms with E-state index in [4.69, 9.17) is 5.53 Å². The molecule has 0 radical (unpaired) electrons. The van der Waals surface area contributed by atoms with Crippen LogP contribution in [0.1, 0.15) is 5.56 Å². The summed E-state index contributed by atoms with van der Waals surface area (Å²) in [6.45, 7) is 0.771. The van der Waals surface area contributed by atoms with Crippen LogP contribution >= 0.6 is 0 Å². The highest BCUT2D eigenvalue weighted by Crippen LogP contribution is 2.28. The third kappa shape index (κ3) is 3.14. The van der Waals surface area contributed by atoms with Crippen LogP contribution in [0.15, 0.2) is 96.2 Å². The lowest BCUT2D eigenvalue weighted by Gasteiger charge is -2.09. The minimum absolute atomic E-state index is 0.615. The summed E-state index contributed by atoms with van der Waals surface area (Å²) in [6, 6.07) is 28.6. The van der Waals surface area contributed by atoms with Crippen molar-refractivity contribution in [3.05, 3.63) is 107 Å². The largest absolute Gasteiger partial charge is 0.220 e. The number of azide groups is 1. The summed E-state index contributed by atoms with van der Waals surface area (Å²) in [5.41, 5.74) is 12.7. The monoisotopic (exact) mass is 337 g/mol. The molecule has 4 rings (SSSR count). The molecule has 3 aromatic carbocycles. The van der Waals surface area contributed by atoms with E-state index in [9.17, 15) is 0 Å². The Labute approximate surface area is 151 Å². The van der Waals surface area contributed by atoms with Gasteiger partial charge in [0.2, 0.25) is 5.69 Å². The van der Waals surface area contributed by atoms with Gasteiger partial charge in [-0.3, -0.25) is 0 Å². The zero-order chi connectivity index (χ0) is 17.8. The topological polar surface area (TPSA) is 52.6 Å². The Morgan fingerprint density at radius 1 is 0.846 bits per heavy atom. The molecule has 4 aromatic rings. The third-order valence-corrected chi connectivity index (χ3v) is 4.41. The van der Waals surface area contributed by atoms with Crippen molar-refractivity contribution < 1.29 is 4.57 Å². The molecule has 0 spiro atoms. The van der Waals surface area contributed by atoms with Gasteiger partial charge in [0.05, 0.1) is 5.39 Å². The summed E-state index contributed by atoms with van der Waals surface area (Å²) < 4.78 is 2.24. The molecule has 124 valence electrons. The Bertz CT molecular complexity index is 1110. The van der Waals surface area contributed by atoms with Crippen molar-refractivity contribution in [2.75, 3.05) is 0 Å². The van der Waals surface area contributed by atoms with Gasteiger partial charge in [-0.25, -0.2) is 0 Å². The zero-order valence-corrected chi connectivity index (χ0v) is 14.2. The highest BCUT2D eigenvalue weighted by atomic mass is 15.1. The first-order chi connectivity index (χ1) is 12.8. The SMILES string of the molecule is [N-]=[N+]=Nc1cccc(-c2c3ccccc3cc[n+]2Cc2ccccc2)c1. The summed E-state index contributed by atoms with van der Waals surface area (Å²) in [7, 11) is 0. The Morgan fingerprint density at radius 3 is 2.50 bits per heavy atom. The average Bonchev–Trinajstić information content (AvgIpc) is 2.69. The number of hydrogen-bond acceptors (Lipinski definition) is 1. The molecule has 0 N–H and O–H groups in total. The number of hydrogen-bond donors (Lipinski definition) is 0. The van der Waals surface area contributed by atoms with Crippen LogP contribution in [0.3, 0.4) is 0 Å². The van der Waals surface area contributed by atoms with Gasteiger partial charge in [-0.05, 0) is 29.1 Å². The van der Waals surface area contributed by atoms with Crippen molar-refractivity contribution in [1.29, 1.82) is 0 Å². The van der Waals surface area contributed by atoms with Gasteiger partial charge >= 0.3 is 0 Å². The first-order valence-electron chi connectivity index (χ1n) is 8.46. The highest BCUT2D eigenvalue weighted by Gasteiger charge is 2.18. The van der Waals surface area contributed by atoms with Crippen LogP contribution in [-0.4, -0.2) is 0 Å². The van der Waals surface area contributed by atoms with Crippen molar-refractivity contribution in [3.63, 3.8) is 0 Å². The van der Waals surface area contributed by atoms with Crippen LogP contribution in [0.5, 0.6) is 0 Å². The quantitative estimate of drug-likeness (QED) is 0.196. The molecule has 1 aromatic heterocycles. The highest BCUT2D eigenvalue weighted by molar-refractivity contribution is 5.93. The maximum Gasteiger partial charge on any atom is 0.220 e. The first kappa shape index (κ1) is 15.9. The Morgan fingerprint density at radius 2 is 1.65 bits per heavy atom. The van der Waals surface area contributed by atoms with Crippen molar-refractivity contribution >= 4 is 16.5 Å². The molecule has 0 saturated carbocycles. The molecule has 0 saturated heterocycles. The van der Waals surface area contributed by atoms with Crippen molar-refractivity contribution in [2.24, 2.45) is 5.11 Å². The molecular weight excluding hydrogens is 320 g/mol. The Balaban J connectivity index is 1.94. The lowest BCUT2D eigenvalue weighted by Crippen LogP contribution is -2.36. The Hall–Kier alpha value is -3.62. The van der Waals surface area contributed by atoms with Crippen LogP contribution in [0.4, 0.5) is 5.69 Å². The van der Waals surface area contributed by atoms with Gasteiger partial charge in [0.15, 0.2) is 12.7 Å². The smallest absolute Gasteiger partial charge is 0.193 e. The molecule has 0 aliphatic carbocycles. The zero-order valence-electron chi connectivity index (χ0n) is 14.2. The van der Waals surface area contributed by atoms with Gasteiger partial charge in [0.25, 0.3) is 0 Å².